The zero-order valence-corrected chi connectivity index (χ0v) is 12.3. The summed E-state index contributed by atoms with van der Waals surface area (Å²) in [7, 11) is 0. The molecule has 0 atom stereocenters. The van der Waals surface area contributed by atoms with Crippen LogP contribution in [0.25, 0.3) is 0 Å². The van der Waals surface area contributed by atoms with Gasteiger partial charge in [0.1, 0.15) is 6.54 Å². The van der Waals surface area contributed by atoms with Crippen LogP contribution in [0.15, 0.2) is 18.2 Å². The maximum Gasteiger partial charge on any atom is 0.405 e. The SMILES string of the molecule is CCNC(=O)c1ccc(N)c(N(CC(F)(F)F)C(C)C)c1. The molecular weight excluding hydrogens is 283 g/mol. The van der Waals surface area contributed by atoms with Gasteiger partial charge in [-0.05, 0) is 39.0 Å². The largest absolute Gasteiger partial charge is 0.405 e. The Morgan fingerprint density at radius 1 is 1.38 bits per heavy atom. The van der Waals surface area contributed by atoms with E-state index in [4.69, 9.17) is 5.73 Å². The van der Waals surface area contributed by atoms with Crippen molar-refractivity contribution in [3.05, 3.63) is 23.8 Å². The first-order chi connectivity index (χ1) is 9.65. The summed E-state index contributed by atoms with van der Waals surface area (Å²) < 4.78 is 38.1. The number of nitrogens with zero attached hydrogens (tertiary/aromatic N) is 1. The van der Waals surface area contributed by atoms with Crippen LogP contribution in [0.1, 0.15) is 31.1 Å². The monoisotopic (exact) mass is 303 g/mol. The standard InChI is InChI=1S/C14H20F3N3O/c1-4-19-13(21)10-5-6-11(18)12(7-10)20(9(2)3)8-14(15,16)17/h5-7,9H,4,8,18H2,1-3H3,(H,19,21). The number of nitrogens with two attached hydrogens (primary N) is 1. The molecule has 4 nitrogen and oxygen atoms in total. The van der Waals surface area contributed by atoms with E-state index < -0.39 is 18.8 Å². The van der Waals surface area contributed by atoms with E-state index in [1.807, 2.05) is 0 Å². The molecular formula is C14H20F3N3O. The van der Waals surface area contributed by atoms with Gasteiger partial charge in [-0.2, -0.15) is 13.2 Å². The Bertz CT molecular complexity index is 501. The van der Waals surface area contributed by atoms with Gasteiger partial charge in [-0.1, -0.05) is 0 Å². The molecule has 0 saturated heterocycles. The molecule has 0 unspecified atom stereocenters. The molecule has 3 N–H and O–H groups in total. The van der Waals surface area contributed by atoms with E-state index in [0.29, 0.717) is 6.54 Å². The average Bonchev–Trinajstić information content (AvgIpc) is 2.35. The minimum Gasteiger partial charge on any atom is -0.397 e. The molecule has 1 aromatic rings. The maximum atomic E-state index is 12.7. The molecule has 0 heterocycles. The summed E-state index contributed by atoms with van der Waals surface area (Å²) in [6.07, 6.45) is -4.35. The van der Waals surface area contributed by atoms with Gasteiger partial charge in [-0.3, -0.25) is 4.79 Å². The van der Waals surface area contributed by atoms with Crippen LogP contribution >= 0.6 is 0 Å². The third-order valence-corrected chi connectivity index (χ3v) is 2.91. The number of hydrogen-bond acceptors (Lipinski definition) is 3. The van der Waals surface area contributed by atoms with Gasteiger partial charge in [0.25, 0.3) is 5.91 Å². The highest BCUT2D eigenvalue weighted by molar-refractivity contribution is 5.96. The highest BCUT2D eigenvalue weighted by Gasteiger charge is 2.32. The predicted molar refractivity (Wildman–Crippen MR) is 77.4 cm³/mol. The Balaban J connectivity index is 3.18. The fraction of sp³-hybridized carbons (Fsp3) is 0.500. The summed E-state index contributed by atoms with van der Waals surface area (Å²) in [4.78, 5) is 12.9. The van der Waals surface area contributed by atoms with Crippen molar-refractivity contribution >= 4 is 17.3 Å². The first-order valence-electron chi connectivity index (χ1n) is 6.66. The van der Waals surface area contributed by atoms with Crippen LogP contribution in [-0.4, -0.2) is 31.2 Å². The zero-order chi connectivity index (χ0) is 16.2. The number of alkyl halides is 3. The highest BCUT2D eigenvalue weighted by Crippen LogP contribution is 2.29. The smallest absolute Gasteiger partial charge is 0.397 e. The van der Waals surface area contributed by atoms with E-state index in [2.05, 4.69) is 5.32 Å². The predicted octanol–water partition coefficient (Wildman–Crippen LogP) is 2.80. The molecule has 1 amide bonds. The Morgan fingerprint density at radius 3 is 2.48 bits per heavy atom. The van der Waals surface area contributed by atoms with Gasteiger partial charge in [0.05, 0.1) is 11.4 Å². The summed E-state index contributed by atoms with van der Waals surface area (Å²) >= 11 is 0. The second kappa shape index (κ2) is 6.69. The van der Waals surface area contributed by atoms with Crippen LogP contribution in [0.5, 0.6) is 0 Å². The van der Waals surface area contributed by atoms with Crippen LogP contribution in [0.2, 0.25) is 0 Å². The van der Waals surface area contributed by atoms with Crippen molar-refractivity contribution in [2.75, 3.05) is 23.7 Å². The Labute approximate surface area is 122 Å². The summed E-state index contributed by atoms with van der Waals surface area (Å²) in [6.45, 7) is 4.37. The minimum absolute atomic E-state index is 0.209. The number of hydrogen-bond donors (Lipinski definition) is 2. The van der Waals surface area contributed by atoms with Crippen molar-refractivity contribution in [3.63, 3.8) is 0 Å². The molecule has 0 aliphatic heterocycles. The number of carbonyl (C=O) groups excluding carboxylic acids is 1. The minimum atomic E-state index is -4.35. The summed E-state index contributed by atoms with van der Waals surface area (Å²) in [6, 6.07) is 3.94. The third-order valence-electron chi connectivity index (χ3n) is 2.91. The molecule has 0 aromatic heterocycles. The van der Waals surface area contributed by atoms with E-state index >= 15 is 0 Å². The van der Waals surface area contributed by atoms with Crippen molar-refractivity contribution in [1.82, 2.24) is 5.32 Å². The van der Waals surface area contributed by atoms with E-state index in [9.17, 15) is 18.0 Å². The highest BCUT2D eigenvalue weighted by atomic mass is 19.4. The summed E-state index contributed by atoms with van der Waals surface area (Å²) in [5.41, 5.74) is 6.49. The summed E-state index contributed by atoms with van der Waals surface area (Å²) in [5.74, 6) is -0.338. The van der Waals surface area contributed by atoms with Crippen LogP contribution in [-0.2, 0) is 0 Å². The van der Waals surface area contributed by atoms with Crippen LogP contribution in [0.3, 0.4) is 0 Å². The number of nitrogen functional groups attached to an aromatic ring is 1. The number of halogens is 3. The molecule has 0 aliphatic carbocycles. The molecule has 0 bridgehead atoms. The van der Waals surface area contributed by atoms with Gasteiger partial charge in [0.15, 0.2) is 0 Å². The first kappa shape index (κ1) is 17.1. The fourth-order valence-electron chi connectivity index (χ4n) is 1.94. The van der Waals surface area contributed by atoms with Crippen molar-refractivity contribution in [3.8, 4) is 0 Å². The lowest BCUT2D eigenvalue weighted by molar-refractivity contribution is -0.120. The molecule has 1 aromatic carbocycles. The number of anilines is 2. The van der Waals surface area contributed by atoms with E-state index in [1.54, 1.807) is 20.8 Å². The molecule has 0 spiro atoms. The van der Waals surface area contributed by atoms with Crippen molar-refractivity contribution in [2.24, 2.45) is 0 Å². The average molecular weight is 303 g/mol. The Morgan fingerprint density at radius 2 is 2.00 bits per heavy atom. The molecule has 0 radical (unpaired) electrons. The number of benzene rings is 1. The number of nitrogens with one attached hydrogen (secondary N) is 1. The molecule has 1 rings (SSSR count). The Hall–Kier alpha value is -1.92. The van der Waals surface area contributed by atoms with Crippen molar-refractivity contribution in [2.45, 2.75) is 33.0 Å². The lowest BCUT2D eigenvalue weighted by Gasteiger charge is -2.31. The molecule has 0 aliphatic rings. The number of rotatable bonds is 5. The van der Waals surface area contributed by atoms with E-state index in [-0.39, 0.29) is 22.8 Å². The molecule has 0 fully saturated rings. The van der Waals surface area contributed by atoms with Gasteiger partial charge in [0.2, 0.25) is 0 Å². The second-order valence-electron chi connectivity index (χ2n) is 4.97. The van der Waals surface area contributed by atoms with Gasteiger partial charge in [0, 0.05) is 18.2 Å². The molecule has 0 saturated carbocycles. The lowest BCUT2D eigenvalue weighted by Crippen LogP contribution is -2.39. The van der Waals surface area contributed by atoms with Crippen molar-refractivity contribution < 1.29 is 18.0 Å². The molecule has 118 valence electrons. The van der Waals surface area contributed by atoms with Crippen LogP contribution < -0.4 is 16.0 Å². The molecule has 7 heteroatoms. The van der Waals surface area contributed by atoms with E-state index in [1.165, 1.54) is 18.2 Å². The van der Waals surface area contributed by atoms with Crippen LogP contribution in [0.4, 0.5) is 24.5 Å². The second-order valence-corrected chi connectivity index (χ2v) is 4.97. The maximum absolute atomic E-state index is 12.7. The Kier molecular flexibility index (Phi) is 5.46. The fourth-order valence-corrected chi connectivity index (χ4v) is 1.94. The van der Waals surface area contributed by atoms with Crippen LogP contribution in [0, 0.1) is 0 Å². The summed E-state index contributed by atoms with van der Waals surface area (Å²) in [5, 5.41) is 2.60. The van der Waals surface area contributed by atoms with Gasteiger partial charge >= 0.3 is 6.18 Å². The normalized spacial score (nSPS) is 11.6. The number of carbonyl (C=O) groups is 1. The van der Waals surface area contributed by atoms with Gasteiger partial charge in [-0.25, -0.2) is 0 Å². The van der Waals surface area contributed by atoms with Gasteiger partial charge in [-0.15, -0.1) is 0 Å². The first-order valence-corrected chi connectivity index (χ1v) is 6.66. The zero-order valence-electron chi connectivity index (χ0n) is 12.3. The van der Waals surface area contributed by atoms with E-state index in [0.717, 1.165) is 4.90 Å². The quantitative estimate of drug-likeness (QED) is 0.822. The van der Waals surface area contributed by atoms with Crippen molar-refractivity contribution in [1.29, 1.82) is 0 Å². The molecule has 21 heavy (non-hydrogen) atoms. The topological polar surface area (TPSA) is 58.4 Å². The van der Waals surface area contributed by atoms with Gasteiger partial charge < -0.3 is 16.0 Å². The number of amides is 1. The third kappa shape index (κ3) is 4.84. The lowest BCUT2D eigenvalue weighted by atomic mass is 10.1.